The topological polar surface area (TPSA) is 68.0 Å². The number of nitrogens with zero attached hydrogens (tertiary/aromatic N) is 2. The number of fused-ring (bicyclic) bond motifs is 1. The van der Waals surface area contributed by atoms with Gasteiger partial charge in [-0.25, -0.2) is 9.37 Å². The summed E-state index contributed by atoms with van der Waals surface area (Å²) in [5.74, 6) is -0.756. The molecule has 0 radical (unpaired) electrons. The van der Waals surface area contributed by atoms with E-state index in [1.165, 1.54) is 12.1 Å². The van der Waals surface area contributed by atoms with Crippen molar-refractivity contribution in [2.75, 3.05) is 5.32 Å². The molecule has 112 valence electrons. The molecule has 3 aromatic rings. The zero-order valence-electron chi connectivity index (χ0n) is 12.4. The van der Waals surface area contributed by atoms with E-state index in [0.717, 1.165) is 5.56 Å². The molecule has 0 atom stereocenters. The normalized spacial score (nSPS) is 10.9. The van der Waals surface area contributed by atoms with E-state index in [1.807, 2.05) is 0 Å². The summed E-state index contributed by atoms with van der Waals surface area (Å²) in [5, 5.41) is 7.14. The van der Waals surface area contributed by atoms with Gasteiger partial charge in [0.15, 0.2) is 0 Å². The fraction of sp³-hybridized carbons (Fsp3) is 0.188. The summed E-state index contributed by atoms with van der Waals surface area (Å²) in [6.07, 6.45) is 0. The third kappa shape index (κ3) is 2.43. The second kappa shape index (κ2) is 5.22. The minimum atomic E-state index is -0.405. The van der Waals surface area contributed by atoms with Crippen molar-refractivity contribution in [3.8, 4) is 0 Å². The molecule has 2 heterocycles. The van der Waals surface area contributed by atoms with Gasteiger partial charge in [-0.1, -0.05) is 11.2 Å². The Morgan fingerprint density at radius 1 is 1.23 bits per heavy atom. The fourth-order valence-corrected chi connectivity index (χ4v) is 2.32. The van der Waals surface area contributed by atoms with Crippen LogP contribution in [0, 0.1) is 26.6 Å². The lowest BCUT2D eigenvalue weighted by Gasteiger charge is -2.09. The lowest BCUT2D eigenvalue weighted by atomic mass is 10.1. The van der Waals surface area contributed by atoms with Crippen molar-refractivity contribution >= 4 is 22.7 Å². The minimum Gasteiger partial charge on any atom is -0.336 e. The molecule has 0 aliphatic rings. The monoisotopic (exact) mass is 299 g/mol. The van der Waals surface area contributed by atoms with Gasteiger partial charge in [-0.3, -0.25) is 4.79 Å². The summed E-state index contributed by atoms with van der Waals surface area (Å²) in [6, 6.07) is 5.92. The first kappa shape index (κ1) is 14.2. The summed E-state index contributed by atoms with van der Waals surface area (Å²) in [5.41, 5.74) is 3.16. The van der Waals surface area contributed by atoms with Crippen LogP contribution in [0.1, 0.15) is 27.3 Å². The van der Waals surface area contributed by atoms with Crippen LogP contribution in [0.4, 0.5) is 10.1 Å². The van der Waals surface area contributed by atoms with E-state index in [2.05, 4.69) is 15.5 Å². The molecule has 0 aliphatic heterocycles. The minimum absolute atomic E-state index is 0.318. The first-order valence-electron chi connectivity index (χ1n) is 6.77. The Bertz CT molecular complexity index is 886. The Labute approximate surface area is 126 Å². The van der Waals surface area contributed by atoms with Crippen LogP contribution in [-0.2, 0) is 0 Å². The maximum atomic E-state index is 13.3. The quantitative estimate of drug-likeness (QED) is 0.786. The smallest absolute Gasteiger partial charge is 0.258 e. The van der Waals surface area contributed by atoms with E-state index < -0.39 is 5.82 Å². The number of aromatic nitrogens is 2. The number of amides is 1. The standard InChI is InChI=1S/C16H14FN3O2/c1-8-4-5-11(17)7-13(8)19-15(21)12-6-9(2)18-16-14(12)10(3)20-22-16/h4-7H,1-3H3,(H,19,21). The molecular formula is C16H14FN3O2. The van der Waals surface area contributed by atoms with E-state index in [9.17, 15) is 9.18 Å². The van der Waals surface area contributed by atoms with Gasteiger partial charge < -0.3 is 9.84 Å². The van der Waals surface area contributed by atoms with E-state index >= 15 is 0 Å². The summed E-state index contributed by atoms with van der Waals surface area (Å²) in [6.45, 7) is 5.31. The van der Waals surface area contributed by atoms with Gasteiger partial charge in [0.1, 0.15) is 5.82 Å². The summed E-state index contributed by atoms with van der Waals surface area (Å²) < 4.78 is 18.5. The van der Waals surface area contributed by atoms with Crippen molar-refractivity contribution in [2.45, 2.75) is 20.8 Å². The predicted molar refractivity (Wildman–Crippen MR) is 80.4 cm³/mol. The number of carbonyl (C=O) groups excluding carboxylic acids is 1. The maximum absolute atomic E-state index is 13.3. The highest BCUT2D eigenvalue weighted by Crippen LogP contribution is 2.24. The van der Waals surface area contributed by atoms with Crippen LogP contribution < -0.4 is 5.32 Å². The van der Waals surface area contributed by atoms with Crippen molar-refractivity contribution in [3.63, 3.8) is 0 Å². The molecule has 0 spiro atoms. The Kier molecular flexibility index (Phi) is 3.36. The van der Waals surface area contributed by atoms with Gasteiger partial charge in [-0.2, -0.15) is 0 Å². The highest BCUT2D eigenvalue weighted by Gasteiger charge is 2.18. The van der Waals surface area contributed by atoms with Crippen LogP contribution in [-0.4, -0.2) is 16.0 Å². The third-order valence-corrected chi connectivity index (χ3v) is 3.44. The third-order valence-electron chi connectivity index (χ3n) is 3.44. The Morgan fingerprint density at radius 3 is 2.77 bits per heavy atom. The molecule has 0 saturated carbocycles. The van der Waals surface area contributed by atoms with Gasteiger partial charge in [0.2, 0.25) is 0 Å². The number of pyridine rings is 1. The second-order valence-electron chi connectivity index (χ2n) is 5.17. The maximum Gasteiger partial charge on any atom is 0.258 e. The van der Waals surface area contributed by atoms with Crippen molar-refractivity contribution in [1.82, 2.24) is 10.1 Å². The van der Waals surface area contributed by atoms with Crippen LogP contribution in [0.2, 0.25) is 0 Å². The Morgan fingerprint density at radius 2 is 2.00 bits per heavy atom. The van der Waals surface area contributed by atoms with Gasteiger partial charge in [-0.05, 0) is 44.5 Å². The number of carbonyl (C=O) groups is 1. The van der Waals surface area contributed by atoms with Crippen molar-refractivity contribution in [2.24, 2.45) is 0 Å². The van der Waals surface area contributed by atoms with Crippen LogP contribution in [0.5, 0.6) is 0 Å². The summed E-state index contributed by atoms with van der Waals surface area (Å²) in [7, 11) is 0. The largest absolute Gasteiger partial charge is 0.336 e. The van der Waals surface area contributed by atoms with Gasteiger partial charge >= 0.3 is 0 Å². The molecule has 5 nitrogen and oxygen atoms in total. The fourth-order valence-electron chi connectivity index (χ4n) is 2.32. The van der Waals surface area contributed by atoms with Gasteiger partial charge in [0.05, 0.1) is 16.6 Å². The van der Waals surface area contributed by atoms with E-state index in [0.29, 0.717) is 33.7 Å². The molecule has 3 rings (SSSR count). The van der Waals surface area contributed by atoms with Gasteiger partial charge in [0.25, 0.3) is 11.6 Å². The van der Waals surface area contributed by atoms with Crippen LogP contribution >= 0.6 is 0 Å². The average molecular weight is 299 g/mol. The van der Waals surface area contributed by atoms with Crippen LogP contribution in [0.15, 0.2) is 28.8 Å². The van der Waals surface area contributed by atoms with Gasteiger partial charge in [0, 0.05) is 11.4 Å². The number of rotatable bonds is 2. The first-order chi connectivity index (χ1) is 10.5. The summed E-state index contributed by atoms with van der Waals surface area (Å²) in [4.78, 5) is 16.8. The number of anilines is 1. The first-order valence-corrected chi connectivity index (χ1v) is 6.77. The number of nitrogens with one attached hydrogen (secondary N) is 1. The number of benzene rings is 1. The molecule has 2 aromatic heterocycles. The molecule has 1 N–H and O–H groups in total. The predicted octanol–water partition coefficient (Wildman–Crippen LogP) is 3.54. The average Bonchev–Trinajstić information content (AvgIpc) is 2.83. The lowest BCUT2D eigenvalue weighted by molar-refractivity contribution is 0.102. The van der Waals surface area contributed by atoms with Crippen LogP contribution in [0.3, 0.4) is 0 Å². The van der Waals surface area contributed by atoms with Crippen molar-refractivity contribution in [3.05, 3.63) is 52.6 Å². The second-order valence-corrected chi connectivity index (χ2v) is 5.17. The van der Waals surface area contributed by atoms with Crippen molar-refractivity contribution < 1.29 is 13.7 Å². The molecule has 6 heteroatoms. The summed E-state index contributed by atoms with van der Waals surface area (Å²) >= 11 is 0. The molecule has 0 aliphatic carbocycles. The molecule has 0 unspecified atom stereocenters. The van der Waals surface area contributed by atoms with Crippen molar-refractivity contribution in [1.29, 1.82) is 0 Å². The lowest BCUT2D eigenvalue weighted by Crippen LogP contribution is -2.14. The molecule has 0 fully saturated rings. The molecule has 0 saturated heterocycles. The Balaban J connectivity index is 2.05. The molecule has 0 bridgehead atoms. The molecule has 1 aromatic carbocycles. The zero-order valence-corrected chi connectivity index (χ0v) is 12.4. The molecular weight excluding hydrogens is 285 g/mol. The van der Waals surface area contributed by atoms with Gasteiger partial charge in [-0.15, -0.1) is 0 Å². The highest BCUT2D eigenvalue weighted by atomic mass is 19.1. The SMILES string of the molecule is Cc1cc(C(=O)Nc2cc(F)ccc2C)c2c(C)noc2n1. The van der Waals surface area contributed by atoms with E-state index in [-0.39, 0.29) is 5.91 Å². The Hall–Kier alpha value is -2.76. The number of hydrogen-bond donors (Lipinski definition) is 1. The number of aryl methyl sites for hydroxylation is 3. The van der Waals surface area contributed by atoms with E-state index in [4.69, 9.17) is 4.52 Å². The molecule has 22 heavy (non-hydrogen) atoms. The van der Waals surface area contributed by atoms with E-state index in [1.54, 1.807) is 32.9 Å². The zero-order chi connectivity index (χ0) is 15.9. The van der Waals surface area contributed by atoms with Crippen LogP contribution in [0.25, 0.3) is 11.1 Å². The highest BCUT2D eigenvalue weighted by molar-refractivity contribution is 6.12. The number of hydrogen-bond acceptors (Lipinski definition) is 4. The number of halogens is 1. The molecule has 1 amide bonds.